The van der Waals surface area contributed by atoms with Gasteiger partial charge in [0.25, 0.3) is 0 Å². The summed E-state index contributed by atoms with van der Waals surface area (Å²) in [6.45, 7) is 9.74. The molecule has 2 heterocycles. The molecule has 0 radical (unpaired) electrons. The van der Waals surface area contributed by atoms with Gasteiger partial charge >= 0.3 is 0 Å². The molecule has 0 amide bonds. The van der Waals surface area contributed by atoms with Crippen molar-refractivity contribution in [2.24, 2.45) is 5.92 Å². The summed E-state index contributed by atoms with van der Waals surface area (Å²) in [4.78, 5) is 4.54. The van der Waals surface area contributed by atoms with Gasteiger partial charge in [0.05, 0.1) is 0 Å². The first-order valence-electron chi connectivity index (χ1n) is 6.70. The van der Waals surface area contributed by atoms with Crippen LogP contribution in [0.5, 0.6) is 0 Å². The number of aromatic nitrogens is 2. The van der Waals surface area contributed by atoms with Crippen molar-refractivity contribution in [3.63, 3.8) is 0 Å². The highest BCUT2D eigenvalue weighted by molar-refractivity contribution is 5.06. The van der Waals surface area contributed by atoms with E-state index < -0.39 is 0 Å². The van der Waals surface area contributed by atoms with Gasteiger partial charge in [-0.3, -0.25) is 0 Å². The van der Waals surface area contributed by atoms with Crippen LogP contribution in [0.15, 0.2) is 4.52 Å². The van der Waals surface area contributed by atoms with E-state index in [-0.39, 0.29) is 0 Å². The predicted octanol–water partition coefficient (Wildman–Crippen LogP) is 2.68. The quantitative estimate of drug-likeness (QED) is 0.874. The second-order valence-corrected chi connectivity index (χ2v) is 5.41. The molecule has 4 nitrogen and oxygen atoms in total. The van der Waals surface area contributed by atoms with Crippen molar-refractivity contribution in [2.45, 2.75) is 58.4 Å². The van der Waals surface area contributed by atoms with Crippen molar-refractivity contribution >= 4 is 0 Å². The second kappa shape index (κ2) is 5.17. The van der Waals surface area contributed by atoms with Gasteiger partial charge in [-0.15, -0.1) is 0 Å². The fourth-order valence-corrected chi connectivity index (χ4v) is 2.50. The lowest BCUT2D eigenvalue weighted by molar-refractivity contribution is 0.341. The van der Waals surface area contributed by atoms with Crippen LogP contribution in [-0.4, -0.2) is 22.7 Å². The number of hydrogen-bond donors (Lipinski definition) is 1. The SMILES string of the molecule is CCC(C)C1NCCC1c1noc(C(C)C)n1. The molecule has 0 aromatic carbocycles. The molecule has 3 unspecified atom stereocenters. The summed E-state index contributed by atoms with van der Waals surface area (Å²) < 4.78 is 5.31. The minimum atomic E-state index is 0.313. The zero-order valence-electron chi connectivity index (χ0n) is 11.2. The van der Waals surface area contributed by atoms with E-state index in [9.17, 15) is 0 Å². The van der Waals surface area contributed by atoms with Crippen molar-refractivity contribution in [1.82, 2.24) is 15.5 Å². The van der Waals surface area contributed by atoms with Gasteiger partial charge in [0.1, 0.15) is 0 Å². The molecular formula is C13H23N3O. The molecule has 1 aliphatic rings. The first-order chi connectivity index (χ1) is 8.13. The first kappa shape index (κ1) is 12.6. The van der Waals surface area contributed by atoms with E-state index >= 15 is 0 Å². The monoisotopic (exact) mass is 237 g/mol. The van der Waals surface area contributed by atoms with Crippen molar-refractivity contribution in [3.05, 3.63) is 11.7 Å². The van der Waals surface area contributed by atoms with Crippen LogP contribution in [-0.2, 0) is 0 Å². The van der Waals surface area contributed by atoms with Gasteiger partial charge in [-0.05, 0) is 18.9 Å². The third-order valence-corrected chi connectivity index (χ3v) is 3.81. The summed E-state index contributed by atoms with van der Waals surface area (Å²) in [5, 5.41) is 7.73. The Morgan fingerprint density at radius 3 is 2.76 bits per heavy atom. The lowest BCUT2D eigenvalue weighted by Gasteiger charge is -2.22. The first-order valence-corrected chi connectivity index (χ1v) is 6.70. The predicted molar refractivity (Wildman–Crippen MR) is 67.0 cm³/mol. The highest BCUT2D eigenvalue weighted by Gasteiger charge is 2.34. The van der Waals surface area contributed by atoms with Crippen LogP contribution < -0.4 is 5.32 Å². The van der Waals surface area contributed by atoms with Gasteiger partial charge in [-0.25, -0.2) is 0 Å². The third kappa shape index (κ3) is 2.51. The maximum atomic E-state index is 5.31. The van der Waals surface area contributed by atoms with Crippen LogP contribution in [0.4, 0.5) is 0 Å². The molecule has 4 heteroatoms. The van der Waals surface area contributed by atoms with E-state index in [4.69, 9.17) is 4.52 Å². The van der Waals surface area contributed by atoms with Gasteiger partial charge < -0.3 is 9.84 Å². The molecule has 2 rings (SSSR count). The van der Waals surface area contributed by atoms with E-state index in [2.05, 4.69) is 43.2 Å². The normalized spacial score (nSPS) is 26.6. The fraction of sp³-hybridized carbons (Fsp3) is 0.846. The average Bonchev–Trinajstić information content (AvgIpc) is 2.95. The smallest absolute Gasteiger partial charge is 0.229 e. The number of hydrogen-bond acceptors (Lipinski definition) is 4. The van der Waals surface area contributed by atoms with E-state index in [1.54, 1.807) is 0 Å². The Morgan fingerprint density at radius 1 is 1.41 bits per heavy atom. The van der Waals surface area contributed by atoms with Crippen molar-refractivity contribution in [2.75, 3.05) is 6.54 Å². The van der Waals surface area contributed by atoms with Crippen molar-refractivity contribution < 1.29 is 4.52 Å². The summed E-state index contributed by atoms with van der Waals surface area (Å²) in [6.07, 6.45) is 2.30. The van der Waals surface area contributed by atoms with Crippen LogP contribution in [0.1, 0.15) is 64.1 Å². The van der Waals surface area contributed by atoms with Gasteiger partial charge in [0.2, 0.25) is 5.89 Å². The van der Waals surface area contributed by atoms with E-state index in [0.717, 1.165) is 24.7 Å². The van der Waals surface area contributed by atoms with Crippen molar-refractivity contribution in [1.29, 1.82) is 0 Å². The summed E-state index contributed by atoms with van der Waals surface area (Å²) in [5.41, 5.74) is 0. The summed E-state index contributed by atoms with van der Waals surface area (Å²) in [5.74, 6) is 3.04. The zero-order valence-corrected chi connectivity index (χ0v) is 11.2. The number of rotatable bonds is 4. The molecule has 0 spiro atoms. The van der Waals surface area contributed by atoms with Gasteiger partial charge in [-0.2, -0.15) is 4.98 Å². The molecule has 96 valence electrons. The summed E-state index contributed by atoms with van der Waals surface area (Å²) in [6, 6.07) is 0.498. The molecule has 1 aromatic heterocycles. The minimum Gasteiger partial charge on any atom is -0.339 e. The molecule has 1 aliphatic heterocycles. The molecule has 0 bridgehead atoms. The molecule has 17 heavy (non-hydrogen) atoms. The largest absolute Gasteiger partial charge is 0.339 e. The molecule has 0 aliphatic carbocycles. The highest BCUT2D eigenvalue weighted by atomic mass is 16.5. The van der Waals surface area contributed by atoms with Gasteiger partial charge in [-0.1, -0.05) is 39.3 Å². The summed E-state index contributed by atoms with van der Waals surface area (Å²) in [7, 11) is 0. The summed E-state index contributed by atoms with van der Waals surface area (Å²) >= 11 is 0. The van der Waals surface area contributed by atoms with E-state index in [1.807, 2.05) is 0 Å². The van der Waals surface area contributed by atoms with Gasteiger partial charge in [0, 0.05) is 17.9 Å². The Balaban J connectivity index is 2.14. The van der Waals surface area contributed by atoms with Crippen LogP contribution >= 0.6 is 0 Å². The molecule has 3 atom stereocenters. The maximum Gasteiger partial charge on any atom is 0.229 e. The van der Waals surface area contributed by atoms with Crippen LogP contribution in [0.2, 0.25) is 0 Å². The molecule has 1 aromatic rings. The third-order valence-electron chi connectivity index (χ3n) is 3.81. The lowest BCUT2D eigenvalue weighted by atomic mass is 9.88. The Kier molecular flexibility index (Phi) is 3.82. The number of nitrogens with zero attached hydrogens (tertiary/aromatic N) is 2. The lowest BCUT2D eigenvalue weighted by Crippen LogP contribution is -2.32. The number of nitrogens with one attached hydrogen (secondary N) is 1. The Hall–Kier alpha value is -0.900. The van der Waals surface area contributed by atoms with Crippen LogP contribution in [0, 0.1) is 5.92 Å². The zero-order chi connectivity index (χ0) is 12.4. The van der Waals surface area contributed by atoms with Crippen molar-refractivity contribution in [3.8, 4) is 0 Å². The molecule has 1 saturated heterocycles. The maximum absolute atomic E-state index is 5.31. The van der Waals surface area contributed by atoms with Crippen LogP contribution in [0.3, 0.4) is 0 Å². The second-order valence-electron chi connectivity index (χ2n) is 5.41. The molecular weight excluding hydrogens is 214 g/mol. The van der Waals surface area contributed by atoms with Gasteiger partial charge in [0.15, 0.2) is 5.82 Å². The Labute approximate surface area is 103 Å². The Morgan fingerprint density at radius 2 is 2.18 bits per heavy atom. The topological polar surface area (TPSA) is 51.0 Å². The molecule has 1 fully saturated rings. The highest BCUT2D eigenvalue weighted by Crippen LogP contribution is 2.31. The average molecular weight is 237 g/mol. The molecule has 0 saturated carbocycles. The van der Waals surface area contributed by atoms with E-state index in [1.165, 1.54) is 6.42 Å². The Bertz CT molecular complexity index is 361. The van der Waals surface area contributed by atoms with E-state index in [0.29, 0.717) is 23.8 Å². The standard InChI is InChI=1S/C13H23N3O/c1-5-9(4)11-10(6-7-14-11)12-15-13(8(2)3)17-16-12/h8-11,14H,5-7H2,1-4H3. The minimum absolute atomic E-state index is 0.313. The molecule has 1 N–H and O–H groups in total. The van der Waals surface area contributed by atoms with Crippen LogP contribution in [0.25, 0.3) is 0 Å². The fourth-order valence-electron chi connectivity index (χ4n) is 2.50.